The predicted octanol–water partition coefficient (Wildman–Crippen LogP) is 2.21. The number of amides is 2. The largest absolute Gasteiger partial charge is 0.481 e. The van der Waals surface area contributed by atoms with Gasteiger partial charge in [0.05, 0.1) is 6.42 Å². The van der Waals surface area contributed by atoms with Gasteiger partial charge in [0.25, 0.3) is 0 Å². The van der Waals surface area contributed by atoms with Gasteiger partial charge in [-0.25, -0.2) is 4.79 Å². The Kier molecular flexibility index (Phi) is 4.99. The Morgan fingerprint density at radius 1 is 1.28 bits per heavy atom. The van der Waals surface area contributed by atoms with Crippen molar-refractivity contribution >= 4 is 12.0 Å². The van der Waals surface area contributed by atoms with Gasteiger partial charge in [-0.05, 0) is 33.6 Å². The van der Waals surface area contributed by atoms with E-state index >= 15 is 0 Å². The van der Waals surface area contributed by atoms with Crippen LogP contribution in [0.15, 0.2) is 0 Å². The Labute approximate surface area is 109 Å². The molecule has 0 aliphatic heterocycles. The van der Waals surface area contributed by atoms with Crippen molar-refractivity contribution in [1.82, 2.24) is 10.2 Å². The van der Waals surface area contributed by atoms with Gasteiger partial charge in [-0.15, -0.1) is 0 Å². The van der Waals surface area contributed by atoms with Crippen LogP contribution in [0.4, 0.5) is 4.79 Å². The Balaban J connectivity index is 2.57. The number of carbonyl (C=O) groups is 2. The minimum atomic E-state index is -0.877. The number of hydrogen-bond acceptors (Lipinski definition) is 2. The normalized spacial score (nSPS) is 16.6. The Morgan fingerprint density at radius 3 is 2.28 bits per heavy atom. The van der Waals surface area contributed by atoms with E-state index in [1.165, 1.54) is 0 Å². The maximum atomic E-state index is 12.2. The molecule has 0 radical (unpaired) electrons. The summed E-state index contributed by atoms with van der Waals surface area (Å²) in [7, 11) is 0. The minimum Gasteiger partial charge on any atom is -0.481 e. The Bertz CT molecular complexity index is 304. The molecule has 1 aliphatic carbocycles. The van der Waals surface area contributed by atoms with Crippen molar-refractivity contribution in [2.45, 2.75) is 64.5 Å². The first-order valence-corrected chi connectivity index (χ1v) is 6.60. The number of hydrogen-bond donors (Lipinski definition) is 2. The van der Waals surface area contributed by atoms with Crippen LogP contribution in [0.5, 0.6) is 0 Å². The predicted molar refractivity (Wildman–Crippen MR) is 69.5 cm³/mol. The summed E-state index contributed by atoms with van der Waals surface area (Å²) < 4.78 is 0. The molecule has 0 bridgehead atoms. The van der Waals surface area contributed by atoms with Crippen molar-refractivity contribution < 1.29 is 14.7 Å². The first kappa shape index (κ1) is 14.8. The molecule has 0 saturated heterocycles. The highest BCUT2D eigenvalue weighted by atomic mass is 16.4. The van der Waals surface area contributed by atoms with E-state index in [1.54, 1.807) is 4.90 Å². The van der Waals surface area contributed by atoms with Gasteiger partial charge in [0.2, 0.25) is 0 Å². The van der Waals surface area contributed by atoms with Crippen molar-refractivity contribution in [3.05, 3.63) is 0 Å². The summed E-state index contributed by atoms with van der Waals surface area (Å²) in [5.74, 6) is -0.877. The molecule has 5 heteroatoms. The molecule has 104 valence electrons. The number of aliphatic carboxylic acids is 1. The van der Waals surface area contributed by atoms with E-state index in [0.29, 0.717) is 0 Å². The van der Waals surface area contributed by atoms with E-state index in [4.69, 9.17) is 5.11 Å². The van der Waals surface area contributed by atoms with Gasteiger partial charge in [0.1, 0.15) is 0 Å². The lowest BCUT2D eigenvalue weighted by Crippen LogP contribution is -2.53. The van der Waals surface area contributed by atoms with Gasteiger partial charge in [-0.3, -0.25) is 4.79 Å². The van der Waals surface area contributed by atoms with Crippen LogP contribution in [0.3, 0.4) is 0 Å². The van der Waals surface area contributed by atoms with E-state index in [0.717, 1.165) is 25.7 Å². The fourth-order valence-electron chi connectivity index (χ4n) is 2.27. The number of rotatable bonds is 4. The summed E-state index contributed by atoms with van der Waals surface area (Å²) in [6.07, 6.45) is 4.37. The van der Waals surface area contributed by atoms with E-state index in [9.17, 15) is 9.59 Å². The quantitative estimate of drug-likeness (QED) is 0.810. The summed E-state index contributed by atoms with van der Waals surface area (Å²) in [5.41, 5.74) is -0.363. The third kappa shape index (κ3) is 4.55. The number of carboxylic acids is 1. The molecular formula is C13H24N2O3. The zero-order valence-corrected chi connectivity index (χ0v) is 11.5. The molecule has 0 spiro atoms. The average Bonchev–Trinajstić information content (AvgIpc) is 2.67. The molecule has 5 nitrogen and oxygen atoms in total. The van der Waals surface area contributed by atoms with Crippen molar-refractivity contribution in [1.29, 1.82) is 0 Å². The van der Waals surface area contributed by atoms with Crippen LogP contribution in [-0.2, 0) is 4.79 Å². The van der Waals surface area contributed by atoms with Gasteiger partial charge in [0.15, 0.2) is 0 Å². The molecule has 0 atom stereocenters. The highest BCUT2D eigenvalue weighted by Crippen LogP contribution is 2.19. The zero-order valence-electron chi connectivity index (χ0n) is 11.5. The van der Waals surface area contributed by atoms with E-state index in [2.05, 4.69) is 5.32 Å². The maximum Gasteiger partial charge on any atom is 0.318 e. The molecule has 0 unspecified atom stereocenters. The summed E-state index contributed by atoms with van der Waals surface area (Å²) in [6, 6.07) is 0.114. The Morgan fingerprint density at radius 2 is 1.83 bits per heavy atom. The minimum absolute atomic E-state index is 0.0185. The SMILES string of the molecule is CC(C)(C)N(CCC(=O)O)C(=O)NC1CCCC1. The standard InChI is InChI=1S/C13H24N2O3/c1-13(2,3)15(9-8-11(16)17)12(18)14-10-6-4-5-7-10/h10H,4-9H2,1-3H3,(H,14,18)(H,16,17). The molecule has 1 aliphatic rings. The van der Waals surface area contributed by atoms with E-state index in [-0.39, 0.29) is 30.6 Å². The van der Waals surface area contributed by atoms with Crippen LogP contribution < -0.4 is 5.32 Å². The summed E-state index contributed by atoms with van der Waals surface area (Å²) in [6.45, 7) is 6.01. The van der Waals surface area contributed by atoms with Crippen LogP contribution in [0.2, 0.25) is 0 Å². The number of carboxylic acid groups (broad SMARTS) is 1. The van der Waals surface area contributed by atoms with Gasteiger partial charge in [-0.1, -0.05) is 12.8 Å². The smallest absolute Gasteiger partial charge is 0.318 e. The molecule has 18 heavy (non-hydrogen) atoms. The molecule has 0 heterocycles. The van der Waals surface area contributed by atoms with E-state index in [1.807, 2.05) is 20.8 Å². The number of nitrogens with one attached hydrogen (secondary N) is 1. The van der Waals surface area contributed by atoms with Crippen LogP contribution in [0, 0.1) is 0 Å². The molecule has 0 aromatic heterocycles. The number of carbonyl (C=O) groups excluding carboxylic acids is 1. The number of nitrogens with zero attached hydrogens (tertiary/aromatic N) is 1. The third-order valence-corrected chi connectivity index (χ3v) is 3.29. The molecule has 0 aromatic rings. The monoisotopic (exact) mass is 256 g/mol. The Hall–Kier alpha value is -1.26. The first-order chi connectivity index (χ1) is 8.30. The molecule has 1 fully saturated rings. The molecule has 1 saturated carbocycles. The summed E-state index contributed by atoms with van der Waals surface area (Å²) in [4.78, 5) is 24.4. The van der Waals surface area contributed by atoms with Gasteiger partial charge >= 0.3 is 12.0 Å². The van der Waals surface area contributed by atoms with Gasteiger partial charge in [-0.2, -0.15) is 0 Å². The summed E-state index contributed by atoms with van der Waals surface area (Å²) in [5, 5.41) is 11.7. The lowest BCUT2D eigenvalue weighted by atomic mass is 10.1. The zero-order chi connectivity index (χ0) is 13.8. The van der Waals surface area contributed by atoms with Gasteiger partial charge < -0.3 is 15.3 Å². The lowest BCUT2D eigenvalue weighted by molar-refractivity contribution is -0.137. The second-order valence-electron chi connectivity index (χ2n) is 5.90. The molecule has 2 N–H and O–H groups in total. The van der Waals surface area contributed by atoms with Crippen LogP contribution in [0.25, 0.3) is 0 Å². The van der Waals surface area contributed by atoms with Crippen LogP contribution in [-0.4, -0.2) is 40.1 Å². The molecule has 0 aromatic carbocycles. The topological polar surface area (TPSA) is 69.6 Å². The van der Waals surface area contributed by atoms with Crippen LogP contribution >= 0.6 is 0 Å². The second-order valence-corrected chi connectivity index (χ2v) is 5.90. The lowest BCUT2D eigenvalue weighted by Gasteiger charge is -2.36. The third-order valence-electron chi connectivity index (χ3n) is 3.29. The van der Waals surface area contributed by atoms with Crippen molar-refractivity contribution in [3.8, 4) is 0 Å². The van der Waals surface area contributed by atoms with Crippen molar-refractivity contribution in [2.75, 3.05) is 6.54 Å². The van der Waals surface area contributed by atoms with Crippen molar-refractivity contribution in [3.63, 3.8) is 0 Å². The van der Waals surface area contributed by atoms with Gasteiger partial charge in [0, 0.05) is 18.1 Å². The second kappa shape index (κ2) is 6.07. The highest BCUT2D eigenvalue weighted by molar-refractivity contribution is 5.76. The molecule has 1 rings (SSSR count). The maximum absolute atomic E-state index is 12.2. The molecular weight excluding hydrogens is 232 g/mol. The van der Waals surface area contributed by atoms with Crippen LogP contribution in [0.1, 0.15) is 52.9 Å². The average molecular weight is 256 g/mol. The van der Waals surface area contributed by atoms with Crippen molar-refractivity contribution in [2.24, 2.45) is 0 Å². The fraction of sp³-hybridized carbons (Fsp3) is 0.846. The highest BCUT2D eigenvalue weighted by Gasteiger charge is 2.28. The fourth-order valence-corrected chi connectivity index (χ4v) is 2.27. The van der Waals surface area contributed by atoms with E-state index < -0.39 is 5.97 Å². The summed E-state index contributed by atoms with van der Waals surface area (Å²) >= 11 is 0. The number of urea groups is 1. The first-order valence-electron chi connectivity index (χ1n) is 6.60. The molecule has 2 amide bonds.